The lowest BCUT2D eigenvalue weighted by molar-refractivity contribution is -0.155. The fourth-order valence-corrected chi connectivity index (χ4v) is 3.71. The number of rotatable bonds is 4. The van der Waals surface area contributed by atoms with Crippen LogP contribution < -0.4 is 4.74 Å². The van der Waals surface area contributed by atoms with E-state index in [9.17, 15) is 4.79 Å². The van der Waals surface area contributed by atoms with Gasteiger partial charge >= 0.3 is 5.97 Å². The third-order valence-electron chi connectivity index (χ3n) is 4.96. The maximum absolute atomic E-state index is 12.7. The number of aliphatic imine (C=N–C) groups is 1. The van der Waals surface area contributed by atoms with E-state index in [1.165, 1.54) is 0 Å². The van der Waals surface area contributed by atoms with E-state index in [1.807, 2.05) is 80.8 Å². The molecule has 0 N–H and O–H groups in total. The summed E-state index contributed by atoms with van der Waals surface area (Å²) in [7, 11) is 1.64. The molecule has 0 spiro atoms. The van der Waals surface area contributed by atoms with Crippen LogP contribution in [0.15, 0.2) is 53.5 Å². The minimum Gasteiger partial charge on any atom is -0.497 e. The molecule has 31 heavy (non-hydrogen) atoms. The molecule has 2 aromatic carbocycles. The maximum atomic E-state index is 12.7. The van der Waals surface area contributed by atoms with Crippen LogP contribution in [0.25, 0.3) is 5.69 Å². The van der Waals surface area contributed by atoms with Crippen LogP contribution in [0.1, 0.15) is 56.0 Å². The van der Waals surface area contributed by atoms with Gasteiger partial charge in [0, 0.05) is 11.1 Å². The van der Waals surface area contributed by atoms with E-state index < -0.39 is 11.6 Å². The first kappa shape index (κ1) is 20.8. The highest BCUT2D eigenvalue weighted by Crippen LogP contribution is 2.34. The first-order valence-electron chi connectivity index (χ1n) is 10.2. The Morgan fingerprint density at radius 1 is 1.10 bits per heavy atom. The molecule has 2 heterocycles. The highest BCUT2D eigenvalue weighted by atomic mass is 16.6. The number of ether oxygens (including phenoxy) is 2. The monoisotopic (exact) mass is 418 g/mol. The Labute approximate surface area is 181 Å². The molecule has 7 heteroatoms. The van der Waals surface area contributed by atoms with Gasteiger partial charge in [-0.15, -0.1) is 10.2 Å². The molecule has 3 aromatic rings. The SMILES string of the molecule is COc1ccc2c(c1)C(c1ccccc1)=N[C@@H](CC(=O)OC(C)(C)C)c1nnc(C)n1-2. The first-order chi connectivity index (χ1) is 14.8. The summed E-state index contributed by atoms with van der Waals surface area (Å²) >= 11 is 0. The smallest absolute Gasteiger partial charge is 0.308 e. The summed E-state index contributed by atoms with van der Waals surface area (Å²) in [6.07, 6.45) is 0.0663. The van der Waals surface area contributed by atoms with Crippen LogP contribution in [0.4, 0.5) is 0 Å². The molecule has 1 aliphatic rings. The molecule has 0 saturated carbocycles. The van der Waals surface area contributed by atoms with Gasteiger partial charge in [0.1, 0.15) is 23.2 Å². The molecule has 1 atom stereocenters. The predicted molar refractivity (Wildman–Crippen MR) is 118 cm³/mol. The second-order valence-electron chi connectivity index (χ2n) is 8.47. The van der Waals surface area contributed by atoms with Crippen molar-refractivity contribution in [3.05, 3.63) is 71.3 Å². The summed E-state index contributed by atoms with van der Waals surface area (Å²) in [5, 5.41) is 8.66. The van der Waals surface area contributed by atoms with E-state index in [1.54, 1.807) is 7.11 Å². The van der Waals surface area contributed by atoms with Gasteiger partial charge in [0.25, 0.3) is 0 Å². The van der Waals surface area contributed by atoms with Gasteiger partial charge in [-0.25, -0.2) is 0 Å². The quantitative estimate of drug-likeness (QED) is 0.593. The zero-order chi connectivity index (χ0) is 22.2. The molecule has 7 nitrogen and oxygen atoms in total. The van der Waals surface area contributed by atoms with Gasteiger partial charge in [-0.3, -0.25) is 14.4 Å². The van der Waals surface area contributed by atoms with Crippen LogP contribution in [0, 0.1) is 6.92 Å². The number of aryl methyl sites for hydroxylation is 1. The fourth-order valence-electron chi connectivity index (χ4n) is 3.71. The van der Waals surface area contributed by atoms with Crippen LogP contribution in [-0.4, -0.2) is 39.2 Å². The first-order valence-corrected chi connectivity index (χ1v) is 10.2. The third-order valence-corrected chi connectivity index (χ3v) is 4.96. The van der Waals surface area contributed by atoms with Crippen molar-refractivity contribution in [2.24, 2.45) is 4.99 Å². The van der Waals surface area contributed by atoms with Gasteiger partial charge in [0.2, 0.25) is 0 Å². The van der Waals surface area contributed by atoms with E-state index in [0.29, 0.717) is 5.82 Å². The van der Waals surface area contributed by atoms with E-state index in [4.69, 9.17) is 14.5 Å². The van der Waals surface area contributed by atoms with Crippen molar-refractivity contribution >= 4 is 11.7 Å². The number of carbonyl (C=O) groups is 1. The highest BCUT2D eigenvalue weighted by Gasteiger charge is 2.31. The fraction of sp³-hybridized carbons (Fsp3) is 0.333. The summed E-state index contributed by atoms with van der Waals surface area (Å²) in [6, 6.07) is 15.2. The van der Waals surface area contributed by atoms with Gasteiger partial charge in [0.15, 0.2) is 5.82 Å². The lowest BCUT2D eigenvalue weighted by Crippen LogP contribution is -2.25. The second kappa shape index (κ2) is 7.98. The molecule has 0 aliphatic carbocycles. The number of methoxy groups -OCH3 is 1. The van der Waals surface area contributed by atoms with E-state index in [2.05, 4.69) is 10.2 Å². The van der Waals surface area contributed by atoms with Crippen molar-refractivity contribution in [3.63, 3.8) is 0 Å². The summed E-state index contributed by atoms with van der Waals surface area (Å²) in [6.45, 7) is 7.45. The predicted octanol–water partition coefficient (Wildman–Crippen LogP) is 4.21. The van der Waals surface area contributed by atoms with Crippen LogP contribution >= 0.6 is 0 Å². The number of benzene rings is 2. The molecular formula is C24H26N4O3. The minimum absolute atomic E-state index is 0.0663. The minimum atomic E-state index is -0.576. The number of nitrogens with zero attached hydrogens (tertiary/aromatic N) is 4. The van der Waals surface area contributed by atoms with Crippen LogP contribution in [0.2, 0.25) is 0 Å². The molecule has 1 aromatic heterocycles. The normalized spacial score (nSPS) is 15.4. The molecule has 0 amide bonds. The topological polar surface area (TPSA) is 78.6 Å². The Morgan fingerprint density at radius 3 is 2.52 bits per heavy atom. The van der Waals surface area contributed by atoms with E-state index in [-0.39, 0.29) is 12.4 Å². The standard InChI is InChI=1S/C24H26N4O3/c1-15-26-27-23-19(14-21(29)31-24(2,3)4)25-22(16-9-7-6-8-10-16)18-13-17(30-5)11-12-20(18)28(15)23/h6-13,19H,14H2,1-5H3/t19-/m0/s1. The summed E-state index contributed by atoms with van der Waals surface area (Å²) < 4.78 is 13.0. The Kier molecular flexibility index (Phi) is 5.35. The lowest BCUT2D eigenvalue weighted by Gasteiger charge is -2.20. The highest BCUT2D eigenvalue weighted by molar-refractivity contribution is 6.15. The average Bonchev–Trinajstić information content (AvgIpc) is 3.04. The average molecular weight is 418 g/mol. The molecule has 0 saturated heterocycles. The van der Waals surface area contributed by atoms with Crippen molar-refractivity contribution in [3.8, 4) is 11.4 Å². The molecule has 0 unspecified atom stereocenters. The maximum Gasteiger partial charge on any atom is 0.308 e. The number of aromatic nitrogens is 3. The van der Waals surface area contributed by atoms with Crippen molar-refractivity contribution in [1.29, 1.82) is 0 Å². The molecule has 4 rings (SSSR count). The molecule has 1 aliphatic heterocycles. The van der Waals surface area contributed by atoms with Gasteiger partial charge in [0.05, 0.1) is 24.9 Å². The largest absolute Gasteiger partial charge is 0.497 e. The third kappa shape index (κ3) is 4.21. The zero-order valence-corrected chi connectivity index (χ0v) is 18.4. The molecule has 0 bridgehead atoms. The van der Waals surface area contributed by atoms with Gasteiger partial charge in [-0.05, 0) is 45.9 Å². The van der Waals surface area contributed by atoms with Crippen molar-refractivity contribution in [1.82, 2.24) is 14.8 Å². The molecule has 0 fully saturated rings. The Morgan fingerprint density at radius 2 is 1.84 bits per heavy atom. The summed E-state index contributed by atoms with van der Waals surface area (Å²) in [5.41, 5.74) is 2.93. The van der Waals surface area contributed by atoms with Crippen LogP contribution in [0.3, 0.4) is 0 Å². The molecular weight excluding hydrogens is 392 g/mol. The Balaban J connectivity index is 1.91. The van der Waals surface area contributed by atoms with Gasteiger partial charge < -0.3 is 9.47 Å². The zero-order valence-electron chi connectivity index (χ0n) is 18.4. The van der Waals surface area contributed by atoms with Gasteiger partial charge in [-0.1, -0.05) is 30.3 Å². The van der Waals surface area contributed by atoms with Crippen LogP contribution in [0.5, 0.6) is 5.75 Å². The molecule has 0 radical (unpaired) electrons. The number of esters is 1. The van der Waals surface area contributed by atoms with Crippen molar-refractivity contribution in [2.45, 2.75) is 45.8 Å². The van der Waals surface area contributed by atoms with E-state index >= 15 is 0 Å². The van der Waals surface area contributed by atoms with Gasteiger partial charge in [-0.2, -0.15) is 0 Å². The number of hydrogen-bond donors (Lipinski definition) is 0. The van der Waals surface area contributed by atoms with Crippen molar-refractivity contribution in [2.75, 3.05) is 7.11 Å². The van der Waals surface area contributed by atoms with Crippen molar-refractivity contribution < 1.29 is 14.3 Å². The Hall–Kier alpha value is -3.48. The number of carbonyl (C=O) groups excluding carboxylic acids is 1. The number of fused-ring (bicyclic) bond motifs is 3. The summed E-state index contributed by atoms with van der Waals surface area (Å²) in [4.78, 5) is 17.7. The second-order valence-corrected chi connectivity index (χ2v) is 8.47. The lowest BCUT2D eigenvalue weighted by atomic mass is 10.00. The Bertz CT molecular complexity index is 1140. The summed E-state index contributed by atoms with van der Waals surface area (Å²) in [5.74, 6) is 1.73. The van der Waals surface area contributed by atoms with Crippen LogP contribution in [-0.2, 0) is 9.53 Å². The number of hydrogen-bond acceptors (Lipinski definition) is 6. The van der Waals surface area contributed by atoms with E-state index in [0.717, 1.165) is 34.1 Å². The molecule has 160 valence electrons.